The fourth-order valence-electron chi connectivity index (χ4n) is 4.29. The fourth-order valence-corrected chi connectivity index (χ4v) is 5.11. The molecule has 30 heavy (non-hydrogen) atoms. The normalized spacial score (nSPS) is 16.1. The molecule has 158 valence electrons. The second-order valence-electron chi connectivity index (χ2n) is 8.16. The molecule has 0 bridgehead atoms. The molecule has 1 fully saturated rings. The molecular weight excluding hydrogens is 401 g/mol. The van der Waals surface area contributed by atoms with Gasteiger partial charge in [-0.15, -0.1) is 0 Å². The molecule has 4 rings (SSSR count). The molecule has 1 saturated heterocycles. The molecule has 5 nitrogen and oxygen atoms in total. The smallest absolute Gasteiger partial charge is 0.151 e. The summed E-state index contributed by atoms with van der Waals surface area (Å²) in [6, 6.07) is 10.1. The predicted octanol–water partition coefficient (Wildman–Crippen LogP) is 4.24. The number of aromatic amines is 1. The molecule has 1 aliphatic rings. The summed E-state index contributed by atoms with van der Waals surface area (Å²) in [5.74, 6) is -0.0836. The third-order valence-corrected chi connectivity index (χ3v) is 6.58. The Morgan fingerprint density at radius 3 is 2.30 bits per heavy atom. The fraction of sp³-hybridized carbons (Fsp3) is 0.348. The highest BCUT2D eigenvalue weighted by Crippen LogP contribution is 2.42. The highest BCUT2D eigenvalue weighted by molar-refractivity contribution is 7.89. The van der Waals surface area contributed by atoms with Gasteiger partial charge < -0.3 is 9.88 Å². The number of rotatable bonds is 5. The Morgan fingerprint density at radius 1 is 1.07 bits per heavy atom. The minimum absolute atomic E-state index is 0.0377. The Bertz CT molecular complexity index is 1120. The van der Waals surface area contributed by atoms with E-state index in [9.17, 15) is 12.8 Å². The average Bonchev–Trinajstić information content (AvgIpc) is 3.07. The van der Waals surface area contributed by atoms with Crippen LogP contribution in [0.25, 0.3) is 22.4 Å². The van der Waals surface area contributed by atoms with E-state index in [1.54, 1.807) is 24.5 Å². The molecule has 1 aliphatic heterocycles. The maximum absolute atomic E-state index is 13.6. The van der Waals surface area contributed by atoms with E-state index in [1.807, 2.05) is 12.1 Å². The maximum Gasteiger partial charge on any atom is 0.151 e. The van der Waals surface area contributed by atoms with Crippen molar-refractivity contribution in [3.8, 4) is 22.4 Å². The van der Waals surface area contributed by atoms with E-state index in [0.717, 1.165) is 59.6 Å². The number of likely N-dealkylation sites (tertiary alicyclic amines) is 1. The molecule has 0 unspecified atom stereocenters. The summed E-state index contributed by atoms with van der Waals surface area (Å²) in [4.78, 5) is 9.97. The number of piperidine rings is 1. The van der Waals surface area contributed by atoms with Crippen LogP contribution >= 0.6 is 0 Å². The monoisotopic (exact) mass is 427 g/mol. The Balaban J connectivity index is 1.94. The number of nitrogens with one attached hydrogen (secondary N) is 1. The number of aromatic nitrogens is 2. The highest BCUT2D eigenvalue weighted by Gasteiger charge is 2.29. The van der Waals surface area contributed by atoms with E-state index < -0.39 is 9.84 Å². The minimum atomic E-state index is -3.26. The zero-order valence-corrected chi connectivity index (χ0v) is 18.0. The summed E-state index contributed by atoms with van der Waals surface area (Å²) < 4.78 is 38.3. The number of halogens is 1. The second-order valence-corrected chi connectivity index (χ2v) is 10.3. The lowest BCUT2D eigenvalue weighted by Crippen LogP contribution is -2.29. The van der Waals surface area contributed by atoms with Crippen LogP contribution in [-0.4, -0.2) is 49.7 Å². The molecule has 7 heteroatoms. The van der Waals surface area contributed by atoms with Crippen molar-refractivity contribution in [1.82, 2.24) is 14.9 Å². The van der Waals surface area contributed by atoms with Crippen LogP contribution in [-0.2, 0) is 15.6 Å². The number of nitrogens with zero attached hydrogens (tertiary/aromatic N) is 2. The van der Waals surface area contributed by atoms with Gasteiger partial charge in [0.2, 0.25) is 0 Å². The van der Waals surface area contributed by atoms with Crippen LogP contribution in [0.5, 0.6) is 0 Å². The molecule has 0 spiro atoms. The summed E-state index contributed by atoms with van der Waals surface area (Å²) in [6.07, 6.45) is 6.61. The molecule has 2 aromatic heterocycles. The summed E-state index contributed by atoms with van der Waals surface area (Å²) in [7, 11) is -1.16. The largest absolute Gasteiger partial charge is 0.357 e. The van der Waals surface area contributed by atoms with Gasteiger partial charge in [0.05, 0.1) is 11.4 Å². The maximum atomic E-state index is 13.6. The highest BCUT2D eigenvalue weighted by atomic mass is 32.2. The molecule has 3 heterocycles. The number of hydrogen-bond donors (Lipinski definition) is 1. The van der Waals surface area contributed by atoms with Crippen LogP contribution in [0.2, 0.25) is 0 Å². The first-order valence-electron chi connectivity index (χ1n) is 10.1. The molecule has 0 atom stereocenters. The standard InChI is InChI=1S/C23H26FN3O2S/c1-27-13-9-18(10-14-27)22-20(15-30(2,28)29)21(16-7-11-25-12-8-16)23(26-22)17-3-5-19(24)6-4-17/h3-8,11-12,18,26H,9-10,13-15H2,1-2H3. The molecule has 3 aromatic rings. The number of benzene rings is 1. The van der Waals surface area contributed by atoms with Gasteiger partial charge in [0.1, 0.15) is 5.82 Å². The van der Waals surface area contributed by atoms with Gasteiger partial charge in [-0.1, -0.05) is 0 Å². The average molecular weight is 428 g/mol. The molecule has 1 aromatic carbocycles. The van der Waals surface area contributed by atoms with Gasteiger partial charge in [0.25, 0.3) is 0 Å². The first kappa shape index (κ1) is 20.8. The summed E-state index contributed by atoms with van der Waals surface area (Å²) in [6.45, 7) is 1.94. The van der Waals surface area contributed by atoms with Crippen LogP contribution in [0.4, 0.5) is 4.39 Å². The van der Waals surface area contributed by atoms with E-state index in [4.69, 9.17) is 0 Å². The van der Waals surface area contributed by atoms with E-state index in [-0.39, 0.29) is 17.5 Å². The Hall–Kier alpha value is -2.51. The van der Waals surface area contributed by atoms with Gasteiger partial charge in [-0.05, 0) is 86.1 Å². The molecular formula is C23H26FN3O2S. The van der Waals surface area contributed by atoms with Crippen molar-refractivity contribution in [2.45, 2.75) is 24.5 Å². The molecule has 1 N–H and O–H groups in total. The van der Waals surface area contributed by atoms with Crippen molar-refractivity contribution in [2.24, 2.45) is 0 Å². The Morgan fingerprint density at radius 2 is 1.70 bits per heavy atom. The minimum Gasteiger partial charge on any atom is -0.357 e. The van der Waals surface area contributed by atoms with Gasteiger partial charge in [0, 0.05) is 35.8 Å². The number of H-pyrrole nitrogens is 1. The van der Waals surface area contributed by atoms with Crippen molar-refractivity contribution in [3.63, 3.8) is 0 Å². The SMILES string of the molecule is CN1CCC(c2[nH]c(-c3ccc(F)cc3)c(-c3ccncc3)c2CS(C)(=O)=O)CC1. The topological polar surface area (TPSA) is 66.1 Å². The predicted molar refractivity (Wildman–Crippen MR) is 117 cm³/mol. The Labute approximate surface area is 176 Å². The lowest BCUT2D eigenvalue weighted by molar-refractivity contribution is 0.253. The van der Waals surface area contributed by atoms with Crippen LogP contribution in [0.3, 0.4) is 0 Å². The molecule has 0 amide bonds. The summed E-state index contributed by atoms with van der Waals surface area (Å²) in [5, 5.41) is 0. The number of hydrogen-bond acceptors (Lipinski definition) is 4. The number of sulfone groups is 1. The van der Waals surface area contributed by atoms with Crippen molar-refractivity contribution in [2.75, 3.05) is 26.4 Å². The van der Waals surface area contributed by atoms with Gasteiger partial charge in [-0.3, -0.25) is 4.98 Å². The van der Waals surface area contributed by atoms with Crippen molar-refractivity contribution >= 4 is 9.84 Å². The van der Waals surface area contributed by atoms with Crippen molar-refractivity contribution < 1.29 is 12.8 Å². The number of pyridine rings is 1. The van der Waals surface area contributed by atoms with Gasteiger partial charge in [0.15, 0.2) is 9.84 Å². The zero-order valence-electron chi connectivity index (χ0n) is 17.2. The van der Waals surface area contributed by atoms with Crippen LogP contribution in [0.15, 0.2) is 48.8 Å². The zero-order chi connectivity index (χ0) is 21.3. The third kappa shape index (κ3) is 4.47. The van der Waals surface area contributed by atoms with Gasteiger partial charge >= 0.3 is 0 Å². The van der Waals surface area contributed by atoms with E-state index in [2.05, 4.69) is 21.9 Å². The van der Waals surface area contributed by atoms with Gasteiger partial charge in [-0.2, -0.15) is 0 Å². The van der Waals surface area contributed by atoms with Crippen LogP contribution < -0.4 is 0 Å². The van der Waals surface area contributed by atoms with Crippen LogP contribution in [0.1, 0.15) is 30.0 Å². The van der Waals surface area contributed by atoms with Gasteiger partial charge in [-0.25, -0.2) is 12.8 Å². The summed E-state index contributed by atoms with van der Waals surface area (Å²) in [5.41, 5.74) is 5.23. The second kappa shape index (κ2) is 8.32. The first-order chi connectivity index (χ1) is 14.3. The molecule has 0 aliphatic carbocycles. The first-order valence-corrected chi connectivity index (χ1v) is 12.1. The third-order valence-electron chi connectivity index (χ3n) is 5.77. The quantitative estimate of drug-likeness (QED) is 0.662. The van der Waals surface area contributed by atoms with Crippen LogP contribution in [0, 0.1) is 5.82 Å². The van der Waals surface area contributed by atoms with E-state index in [1.165, 1.54) is 18.4 Å². The lowest BCUT2D eigenvalue weighted by atomic mass is 9.90. The van der Waals surface area contributed by atoms with Crippen molar-refractivity contribution in [1.29, 1.82) is 0 Å². The Kier molecular flexibility index (Phi) is 5.75. The summed E-state index contributed by atoms with van der Waals surface area (Å²) >= 11 is 0. The van der Waals surface area contributed by atoms with E-state index >= 15 is 0 Å². The van der Waals surface area contributed by atoms with E-state index in [0.29, 0.717) is 0 Å². The molecule has 0 saturated carbocycles. The molecule has 0 radical (unpaired) electrons. The van der Waals surface area contributed by atoms with Crippen molar-refractivity contribution in [3.05, 3.63) is 65.9 Å². The lowest BCUT2D eigenvalue weighted by Gasteiger charge is -2.29.